The van der Waals surface area contributed by atoms with E-state index < -0.39 is 0 Å². The topological polar surface area (TPSA) is 116 Å². The number of hydrogen-bond donors (Lipinski definition) is 4. The molecule has 0 atom stereocenters. The molecule has 1 aromatic heterocycles. The van der Waals surface area contributed by atoms with E-state index in [1.807, 2.05) is 72.8 Å². The summed E-state index contributed by atoms with van der Waals surface area (Å²) in [4.78, 5) is 24.5. The summed E-state index contributed by atoms with van der Waals surface area (Å²) in [5.74, 6) is 0.966. The number of para-hydroxylation sites is 1. The zero-order valence-corrected chi connectivity index (χ0v) is 18.6. The Morgan fingerprint density at radius 2 is 1.44 bits per heavy atom. The minimum absolute atomic E-state index is 0.116. The second-order valence-electron chi connectivity index (χ2n) is 7.31. The van der Waals surface area contributed by atoms with Gasteiger partial charge in [-0.1, -0.05) is 60.7 Å². The molecule has 9 nitrogen and oxygen atoms in total. The van der Waals surface area contributed by atoms with Crippen molar-refractivity contribution in [1.82, 2.24) is 15.0 Å². The minimum atomic E-state index is -0.116. The SMILES string of the molecule is CC(=O)Nc1ccc(/C=N/Nc2nc(NCc3ccccc3)nc(Nc3ccccc3)n2)cc1. The molecule has 0 aliphatic heterocycles. The first-order valence-corrected chi connectivity index (χ1v) is 10.7. The number of carbonyl (C=O) groups excluding carboxylic acids is 1. The highest BCUT2D eigenvalue weighted by Crippen LogP contribution is 2.16. The highest BCUT2D eigenvalue weighted by atomic mass is 16.1. The lowest BCUT2D eigenvalue weighted by Crippen LogP contribution is -2.09. The van der Waals surface area contributed by atoms with Gasteiger partial charge < -0.3 is 16.0 Å². The van der Waals surface area contributed by atoms with Crippen molar-refractivity contribution < 1.29 is 4.79 Å². The largest absolute Gasteiger partial charge is 0.350 e. The lowest BCUT2D eigenvalue weighted by molar-refractivity contribution is -0.114. The van der Waals surface area contributed by atoms with E-state index in [2.05, 4.69) is 41.4 Å². The number of amides is 1. The van der Waals surface area contributed by atoms with Crippen molar-refractivity contribution in [3.05, 3.63) is 96.1 Å². The molecule has 0 fully saturated rings. The lowest BCUT2D eigenvalue weighted by atomic mass is 10.2. The maximum atomic E-state index is 11.1. The van der Waals surface area contributed by atoms with Crippen molar-refractivity contribution in [2.24, 2.45) is 5.10 Å². The average Bonchev–Trinajstić information content (AvgIpc) is 2.85. The quantitative estimate of drug-likeness (QED) is 0.216. The van der Waals surface area contributed by atoms with Gasteiger partial charge in [0.05, 0.1) is 6.21 Å². The number of hydrogen-bond acceptors (Lipinski definition) is 8. The van der Waals surface area contributed by atoms with Crippen molar-refractivity contribution in [2.45, 2.75) is 13.5 Å². The van der Waals surface area contributed by atoms with Crippen LogP contribution >= 0.6 is 0 Å². The van der Waals surface area contributed by atoms with Crippen molar-refractivity contribution in [3.8, 4) is 0 Å². The Morgan fingerprint density at radius 3 is 2.15 bits per heavy atom. The summed E-state index contributed by atoms with van der Waals surface area (Å²) in [5.41, 5.74) is 6.40. The number of nitrogens with one attached hydrogen (secondary N) is 4. The fraction of sp³-hybridized carbons (Fsp3) is 0.0800. The third-order valence-electron chi connectivity index (χ3n) is 4.57. The van der Waals surface area contributed by atoms with Crippen LogP contribution < -0.4 is 21.4 Å². The maximum Gasteiger partial charge on any atom is 0.250 e. The van der Waals surface area contributed by atoms with Crippen LogP contribution in [0.1, 0.15) is 18.1 Å². The first-order valence-electron chi connectivity index (χ1n) is 10.7. The van der Waals surface area contributed by atoms with Crippen molar-refractivity contribution in [2.75, 3.05) is 21.4 Å². The minimum Gasteiger partial charge on any atom is -0.350 e. The summed E-state index contributed by atoms with van der Waals surface area (Å²) in [7, 11) is 0. The molecule has 1 heterocycles. The van der Waals surface area contributed by atoms with E-state index in [9.17, 15) is 4.79 Å². The first-order chi connectivity index (χ1) is 16.6. The zero-order chi connectivity index (χ0) is 23.6. The number of rotatable bonds is 9. The average molecular weight is 453 g/mol. The fourth-order valence-electron chi connectivity index (χ4n) is 3.01. The van der Waals surface area contributed by atoms with Gasteiger partial charge in [-0.05, 0) is 35.4 Å². The predicted molar refractivity (Wildman–Crippen MR) is 135 cm³/mol. The molecule has 0 saturated carbocycles. The molecule has 9 heteroatoms. The second-order valence-corrected chi connectivity index (χ2v) is 7.31. The van der Waals surface area contributed by atoms with Crippen LogP contribution in [0.3, 0.4) is 0 Å². The molecular weight excluding hydrogens is 428 g/mol. The number of aromatic nitrogens is 3. The highest BCUT2D eigenvalue weighted by molar-refractivity contribution is 5.89. The number of hydrazone groups is 1. The van der Waals surface area contributed by atoms with Gasteiger partial charge >= 0.3 is 0 Å². The van der Waals surface area contributed by atoms with Crippen LogP contribution in [0, 0.1) is 0 Å². The van der Waals surface area contributed by atoms with E-state index in [-0.39, 0.29) is 11.9 Å². The Balaban J connectivity index is 1.48. The van der Waals surface area contributed by atoms with Crippen LogP contribution in [0.15, 0.2) is 90.0 Å². The summed E-state index contributed by atoms with van der Waals surface area (Å²) in [5, 5.41) is 13.4. The Labute approximate surface area is 197 Å². The van der Waals surface area contributed by atoms with Crippen molar-refractivity contribution in [3.63, 3.8) is 0 Å². The van der Waals surface area contributed by atoms with Crippen LogP contribution in [0.4, 0.5) is 29.2 Å². The third kappa shape index (κ3) is 6.86. The van der Waals surface area contributed by atoms with Crippen LogP contribution in [-0.2, 0) is 11.3 Å². The van der Waals surface area contributed by atoms with Crippen molar-refractivity contribution in [1.29, 1.82) is 0 Å². The van der Waals surface area contributed by atoms with E-state index in [0.717, 1.165) is 22.5 Å². The normalized spacial score (nSPS) is 10.6. The van der Waals surface area contributed by atoms with Gasteiger partial charge in [0.25, 0.3) is 0 Å². The molecule has 0 unspecified atom stereocenters. The number of benzene rings is 3. The second kappa shape index (κ2) is 11.2. The molecular formula is C25H24N8O. The first kappa shape index (κ1) is 22.4. The number of anilines is 5. The van der Waals surface area contributed by atoms with Crippen LogP contribution in [0.2, 0.25) is 0 Å². The van der Waals surface area contributed by atoms with Gasteiger partial charge in [0, 0.05) is 24.8 Å². The Hall–Kier alpha value is -4.79. The van der Waals surface area contributed by atoms with Gasteiger partial charge in [0.1, 0.15) is 0 Å². The van der Waals surface area contributed by atoms with Crippen LogP contribution in [0.5, 0.6) is 0 Å². The Morgan fingerprint density at radius 1 is 0.794 bits per heavy atom. The highest BCUT2D eigenvalue weighted by Gasteiger charge is 2.07. The molecule has 0 saturated heterocycles. The molecule has 34 heavy (non-hydrogen) atoms. The van der Waals surface area contributed by atoms with Gasteiger partial charge in [-0.15, -0.1) is 0 Å². The van der Waals surface area contributed by atoms with E-state index >= 15 is 0 Å². The molecule has 0 spiro atoms. The molecule has 170 valence electrons. The lowest BCUT2D eigenvalue weighted by Gasteiger charge is -2.10. The van der Waals surface area contributed by atoms with Gasteiger partial charge in [-0.25, -0.2) is 5.43 Å². The third-order valence-corrected chi connectivity index (χ3v) is 4.57. The summed E-state index contributed by atoms with van der Waals surface area (Å²) >= 11 is 0. The molecule has 3 aromatic carbocycles. The van der Waals surface area contributed by atoms with E-state index in [0.29, 0.717) is 18.4 Å². The number of nitrogens with zero attached hydrogens (tertiary/aromatic N) is 4. The van der Waals surface area contributed by atoms with Crippen molar-refractivity contribution >= 4 is 41.3 Å². The summed E-state index contributed by atoms with van der Waals surface area (Å²) in [6.07, 6.45) is 1.64. The monoisotopic (exact) mass is 452 g/mol. The maximum absolute atomic E-state index is 11.1. The smallest absolute Gasteiger partial charge is 0.250 e. The Kier molecular flexibility index (Phi) is 7.37. The fourth-order valence-corrected chi connectivity index (χ4v) is 3.01. The number of carbonyl (C=O) groups is 1. The van der Waals surface area contributed by atoms with E-state index in [4.69, 9.17) is 0 Å². The van der Waals surface area contributed by atoms with Gasteiger partial charge in [0.2, 0.25) is 23.8 Å². The Bertz CT molecular complexity index is 1250. The van der Waals surface area contributed by atoms with E-state index in [1.165, 1.54) is 6.92 Å². The molecule has 4 aromatic rings. The summed E-state index contributed by atoms with van der Waals surface area (Å²) in [6.45, 7) is 2.04. The molecule has 0 aliphatic carbocycles. The standard InChI is InChI=1S/C25H24N8O/c1-18(34)28-22-14-12-20(13-15-22)17-27-33-25-31-23(26-16-19-8-4-2-5-9-19)30-24(32-25)29-21-10-6-3-7-11-21/h2-15,17H,16H2,1H3,(H,28,34)(H3,26,29,30,31,32,33)/b27-17+. The molecule has 1 amide bonds. The van der Waals surface area contributed by atoms with Gasteiger partial charge in [-0.2, -0.15) is 20.1 Å². The van der Waals surface area contributed by atoms with Gasteiger partial charge in [0.15, 0.2) is 0 Å². The predicted octanol–water partition coefficient (Wildman–Crippen LogP) is 4.63. The van der Waals surface area contributed by atoms with Crippen LogP contribution in [0.25, 0.3) is 0 Å². The molecule has 0 bridgehead atoms. The summed E-state index contributed by atoms with van der Waals surface area (Å²) < 4.78 is 0. The van der Waals surface area contributed by atoms with E-state index in [1.54, 1.807) is 18.3 Å². The molecule has 0 aliphatic rings. The summed E-state index contributed by atoms with van der Waals surface area (Å²) in [6, 6.07) is 26.9. The molecule has 0 radical (unpaired) electrons. The molecule has 4 rings (SSSR count). The molecule has 4 N–H and O–H groups in total. The van der Waals surface area contributed by atoms with Crippen LogP contribution in [-0.4, -0.2) is 27.1 Å². The van der Waals surface area contributed by atoms with Gasteiger partial charge in [-0.3, -0.25) is 4.79 Å². The zero-order valence-electron chi connectivity index (χ0n) is 18.6.